The number of para-hydroxylation sites is 1. The van der Waals surface area contributed by atoms with Crippen LogP contribution in [0.3, 0.4) is 0 Å². The zero-order valence-corrected chi connectivity index (χ0v) is 30.7. The van der Waals surface area contributed by atoms with E-state index in [0.29, 0.717) is 0 Å². The van der Waals surface area contributed by atoms with Gasteiger partial charge in [0.05, 0.1) is 5.41 Å². The van der Waals surface area contributed by atoms with Crippen LogP contribution < -0.4 is 15.4 Å². The van der Waals surface area contributed by atoms with Crippen LogP contribution >= 0.6 is 0 Å². The second-order valence-electron chi connectivity index (χ2n) is 15.1. The number of rotatable bonds is 5. The van der Waals surface area contributed by atoms with Crippen molar-refractivity contribution in [2.75, 3.05) is 0 Å². The predicted molar refractivity (Wildman–Crippen MR) is 226 cm³/mol. The zero-order valence-electron chi connectivity index (χ0n) is 30.7. The lowest BCUT2D eigenvalue weighted by atomic mass is 9.60. The fraction of sp³-hybridized carbons (Fsp3) is 0.0962. The Hall–Kier alpha value is -6.75. The molecule has 0 saturated carbocycles. The molecule has 7 aromatic rings. The van der Waals surface area contributed by atoms with Crippen LogP contribution in [0.2, 0.25) is 0 Å². The molecule has 0 bridgehead atoms. The van der Waals surface area contributed by atoms with E-state index in [1.807, 2.05) is 0 Å². The molecule has 5 unspecified atom stereocenters. The highest BCUT2D eigenvalue weighted by Crippen LogP contribution is 2.63. The van der Waals surface area contributed by atoms with Gasteiger partial charge in [-0.1, -0.05) is 182 Å². The van der Waals surface area contributed by atoms with Gasteiger partial charge in [0.25, 0.3) is 0 Å². The Labute approximate surface area is 327 Å². The van der Waals surface area contributed by atoms with Crippen molar-refractivity contribution in [1.82, 2.24) is 10.6 Å². The second kappa shape index (κ2) is 13.2. The number of nitrogens with one attached hydrogen (secondary N) is 2. The van der Waals surface area contributed by atoms with Crippen molar-refractivity contribution < 1.29 is 4.74 Å². The molecule has 0 saturated heterocycles. The van der Waals surface area contributed by atoms with Gasteiger partial charge in [-0.3, -0.25) is 5.32 Å². The molecule has 2 aliphatic carbocycles. The van der Waals surface area contributed by atoms with Gasteiger partial charge in [0, 0.05) is 17.0 Å². The van der Waals surface area contributed by atoms with Gasteiger partial charge in [-0.25, -0.2) is 4.99 Å². The average molecular weight is 722 g/mol. The number of aliphatic imine (C=N–C) groups is 1. The van der Waals surface area contributed by atoms with Crippen molar-refractivity contribution >= 4 is 5.84 Å². The number of hydrogen-bond acceptors (Lipinski definition) is 4. The summed E-state index contributed by atoms with van der Waals surface area (Å²) in [6.07, 6.45) is 8.47. The van der Waals surface area contributed by atoms with Gasteiger partial charge < -0.3 is 10.1 Å². The third-order valence-electron chi connectivity index (χ3n) is 12.0. The molecule has 0 aromatic heterocycles. The lowest BCUT2D eigenvalue weighted by molar-refractivity contribution is 0.141. The van der Waals surface area contributed by atoms with E-state index in [4.69, 9.17) is 9.73 Å². The molecule has 2 heterocycles. The van der Waals surface area contributed by atoms with Gasteiger partial charge >= 0.3 is 0 Å². The molecule has 4 nitrogen and oxygen atoms in total. The van der Waals surface area contributed by atoms with E-state index in [-0.39, 0.29) is 29.8 Å². The SMILES string of the molecule is C1=CC2Oc3ccccc3C3(c4ccccc4-c4c(-c5ccc(C6=NC(c7ccccc7)NC(c7cccc(-c8ccccc8)c7)N6)cc5)cccc43)C2C=C1. The van der Waals surface area contributed by atoms with Crippen LogP contribution in [0.15, 0.2) is 205 Å². The van der Waals surface area contributed by atoms with Crippen molar-refractivity contribution in [1.29, 1.82) is 0 Å². The van der Waals surface area contributed by atoms with Crippen LogP contribution in [0.4, 0.5) is 0 Å². The fourth-order valence-electron chi connectivity index (χ4n) is 9.58. The lowest BCUT2D eigenvalue weighted by Gasteiger charge is -2.47. The molecular weight excluding hydrogens is 683 g/mol. The van der Waals surface area contributed by atoms with Gasteiger partial charge in [0.1, 0.15) is 30.0 Å². The summed E-state index contributed by atoms with van der Waals surface area (Å²) in [6.45, 7) is 0. The van der Waals surface area contributed by atoms with E-state index >= 15 is 0 Å². The molecule has 11 rings (SSSR count). The number of nitrogens with zero attached hydrogens (tertiary/aromatic N) is 1. The molecule has 1 spiro atoms. The number of fused-ring (bicyclic) bond motifs is 9. The maximum Gasteiger partial charge on any atom is 0.131 e. The Bertz CT molecular complexity index is 2700. The van der Waals surface area contributed by atoms with Crippen LogP contribution in [0.1, 0.15) is 45.7 Å². The lowest BCUT2D eigenvalue weighted by Crippen LogP contribution is -2.47. The van der Waals surface area contributed by atoms with Crippen LogP contribution in [0.25, 0.3) is 33.4 Å². The number of allylic oxidation sites excluding steroid dienone is 2. The van der Waals surface area contributed by atoms with E-state index in [2.05, 4.69) is 211 Å². The van der Waals surface area contributed by atoms with E-state index in [0.717, 1.165) is 28.3 Å². The molecule has 0 amide bonds. The Morgan fingerprint density at radius 3 is 2.00 bits per heavy atom. The van der Waals surface area contributed by atoms with Crippen LogP contribution in [0, 0.1) is 5.92 Å². The van der Waals surface area contributed by atoms with Crippen LogP contribution in [0.5, 0.6) is 5.75 Å². The molecule has 2 N–H and O–H groups in total. The third kappa shape index (κ3) is 5.14. The molecule has 5 atom stereocenters. The molecule has 2 aliphatic heterocycles. The molecule has 4 heteroatoms. The number of benzene rings is 7. The molecular formula is C52H39N3O. The summed E-state index contributed by atoms with van der Waals surface area (Å²) < 4.78 is 6.68. The Morgan fingerprint density at radius 2 is 1.14 bits per heavy atom. The fourth-order valence-corrected chi connectivity index (χ4v) is 9.58. The maximum atomic E-state index is 6.68. The molecule has 268 valence electrons. The second-order valence-corrected chi connectivity index (χ2v) is 15.1. The first-order valence-corrected chi connectivity index (χ1v) is 19.5. The summed E-state index contributed by atoms with van der Waals surface area (Å²) in [4.78, 5) is 5.26. The molecule has 0 radical (unpaired) electrons. The largest absolute Gasteiger partial charge is 0.485 e. The van der Waals surface area contributed by atoms with Gasteiger partial charge in [-0.15, -0.1) is 0 Å². The predicted octanol–water partition coefficient (Wildman–Crippen LogP) is 11.2. The van der Waals surface area contributed by atoms with E-state index in [9.17, 15) is 0 Å². The zero-order chi connectivity index (χ0) is 37.1. The van der Waals surface area contributed by atoms with Crippen LogP contribution in [-0.2, 0) is 5.41 Å². The first kappa shape index (κ1) is 32.7. The number of ether oxygens (including phenoxy) is 1. The minimum absolute atomic E-state index is 0.0561. The normalized spacial score (nSPS) is 22.5. The van der Waals surface area contributed by atoms with Gasteiger partial charge in [-0.2, -0.15) is 0 Å². The highest BCUT2D eigenvalue weighted by molar-refractivity contribution is 6.01. The minimum atomic E-state index is -0.379. The standard InChI is InChI=1S/C52H39N3O/c1-3-15-34(16-4-1)38-19-13-20-39(33-38)51-54-49(36-17-5-2-6-18-36)53-50(55-51)37-31-29-35(30-32-37)40-22-14-26-45-48(40)41-21-7-8-23-42(41)52(45)43-24-9-11-27-46(43)56-47-28-12-10-25-44(47)52/h1-33,43,46,49,51,54H,(H,53,55). The topological polar surface area (TPSA) is 45.6 Å². The van der Waals surface area contributed by atoms with E-state index in [1.54, 1.807) is 0 Å². The van der Waals surface area contributed by atoms with Crippen molar-refractivity contribution in [2.24, 2.45) is 10.9 Å². The monoisotopic (exact) mass is 721 g/mol. The Balaban J connectivity index is 0.998. The third-order valence-corrected chi connectivity index (χ3v) is 12.0. The van der Waals surface area contributed by atoms with Crippen molar-refractivity contribution in [3.05, 3.63) is 234 Å². The summed E-state index contributed by atoms with van der Waals surface area (Å²) in [5, 5.41) is 7.55. The van der Waals surface area contributed by atoms with Gasteiger partial charge in [-0.05, 0) is 73.8 Å². The molecule has 56 heavy (non-hydrogen) atoms. The number of hydrogen-bond donors (Lipinski definition) is 2. The Morgan fingerprint density at radius 1 is 0.500 bits per heavy atom. The highest BCUT2D eigenvalue weighted by atomic mass is 16.5. The highest BCUT2D eigenvalue weighted by Gasteiger charge is 2.56. The summed E-state index contributed by atoms with van der Waals surface area (Å²) in [5.74, 6) is 1.94. The summed E-state index contributed by atoms with van der Waals surface area (Å²) in [6, 6.07) is 63.3. The summed E-state index contributed by atoms with van der Waals surface area (Å²) >= 11 is 0. The van der Waals surface area contributed by atoms with Crippen molar-refractivity contribution in [3.8, 4) is 39.1 Å². The molecule has 4 aliphatic rings. The maximum absolute atomic E-state index is 6.68. The van der Waals surface area contributed by atoms with Gasteiger partial charge in [0.15, 0.2) is 0 Å². The molecule has 7 aromatic carbocycles. The van der Waals surface area contributed by atoms with E-state index < -0.39 is 0 Å². The van der Waals surface area contributed by atoms with Crippen molar-refractivity contribution in [3.63, 3.8) is 0 Å². The molecule has 0 fully saturated rings. The average Bonchev–Trinajstić information content (AvgIpc) is 3.58. The minimum Gasteiger partial charge on any atom is -0.485 e. The van der Waals surface area contributed by atoms with Gasteiger partial charge in [0.2, 0.25) is 0 Å². The summed E-state index contributed by atoms with van der Waals surface area (Å²) in [7, 11) is 0. The Kier molecular flexibility index (Phi) is 7.71. The quantitative estimate of drug-likeness (QED) is 0.186. The first-order valence-electron chi connectivity index (χ1n) is 19.5. The van der Waals surface area contributed by atoms with Crippen LogP contribution in [-0.4, -0.2) is 11.9 Å². The van der Waals surface area contributed by atoms with Crippen molar-refractivity contribution in [2.45, 2.75) is 23.9 Å². The summed E-state index contributed by atoms with van der Waals surface area (Å²) in [5.41, 5.74) is 14.2. The smallest absolute Gasteiger partial charge is 0.131 e. The number of amidine groups is 1. The van der Waals surface area contributed by atoms with E-state index in [1.165, 1.54) is 50.1 Å². The first-order chi connectivity index (χ1) is 27.8.